The van der Waals surface area contributed by atoms with Gasteiger partial charge < -0.3 is 15.4 Å². The fourth-order valence-corrected chi connectivity index (χ4v) is 5.81. The van der Waals surface area contributed by atoms with Crippen molar-refractivity contribution in [3.8, 4) is 5.75 Å². The molecule has 2 aromatic rings. The molecular formula is C25H33Cl2N5O3S. The molecule has 2 unspecified atom stereocenters. The molecular weight excluding hydrogens is 521 g/mol. The molecule has 196 valence electrons. The first kappa shape index (κ1) is 29.5. The van der Waals surface area contributed by atoms with E-state index in [9.17, 15) is 8.42 Å². The van der Waals surface area contributed by atoms with Crippen LogP contribution in [0.25, 0.3) is 6.08 Å². The van der Waals surface area contributed by atoms with Crippen molar-refractivity contribution in [2.75, 3.05) is 23.1 Å². The summed E-state index contributed by atoms with van der Waals surface area (Å²) in [5, 5.41) is 15.4. The molecule has 2 atom stereocenters. The van der Waals surface area contributed by atoms with Crippen LogP contribution >= 0.6 is 24.8 Å². The summed E-state index contributed by atoms with van der Waals surface area (Å²) in [6.07, 6.45) is 5.19. The number of rotatable bonds is 7. The highest BCUT2D eigenvalue weighted by molar-refractivity contribution is 7.92. The van der Waals surface area contributed by atoms with Crippen LogP contribution in [0.15, 0.2) is 48.5 Å². The van der Waals surface area contributed by atoms with Crippen molar-refractivity contribution in [3.05, 3.63) is 65.2 Å². The van der Waals surface area contributed by atoms with Gasteiger partial charge in [0, 0.05) is 18.5 Å². The average Bonchev–Trinajstić information content (AvgIpc) is 3.42. The van der Waals surface area contributed by atoms with Gasteiger partial charge in [0.2, 0.25) is 10.0 Å². The van der Waals surface area contributed by atoms with E-state index in [0.29, 0.717) is 30.1 Å². The third kappa shape index (κ3) is 6.32. The number of anilines is 1. The summed E-state index contributed by atoms with van der Waals surface area (Å²) in [6.45, 7) is 4.93. The SMILES string of the molecule is CCS(=O)(=O)N1c2ccc(OC3CCN(C(C)=N)C3)cc2CC1/C=C/c1cccc(C(=N)N)c1.Cl.Cl. The second-order valence-electron chi connectivity index (χ2n) is 8.72. The Morgan fingerprint density at radius 3 is 2.58 bits per heavy atom. The van der Waals surface area contributed by atoms with E-state index in [1.165, 1.54) is 4.31 Å². The van der Waals surface area contributed by atoms with Crippen molar-refractivity contribution in [2.45, 2.75) is 38.8 Å². The molecule has 0 amide bonds. The lowest BCUT2D eigenvalue weighted by Crippen LogP contribution is -2.37. The van der Waals surface area contributed by atoms with E-state index < -0.39 is 10.0 Å². The van der Waals surface area contributed by atoms with Gasteiger partial charge in [0.25, 0.3) is 0 Å². The first-order valence-electron chi connectivity index (χ1n) is 11.4. The minimum Gasteiger partial charge on any atom is -0.489 e. The summed E-state index contributed by atoms with van der Waals surface area (Å²) < 4.78 is 33.6. The zero-order chi connectivity index (χ0) is 24.5. The minimum absolute atomic E-state index is 0. The van der Waals surface area contributed by atoms with E-state index in [-0.39, 0.29) is 48.5 Å². The Balaban J connectivity index is 0.00000228. The molecule has 0 aliphatic carbocycles. The lowest BCUT2D eigenvalue weighted by Gasteiger charge is -2.24. The fourth-order valence-electron chi connectivity index (χ4n) is 4.50. The second-order valence-corrected chi connectivity index (χ2v) is 10.9. The predicted molar refractivity (Wildman–Crippen MR) is 151 cm³/mol. The van der Waals surface area contributed by atoms with Gasteiger partial charge >= 0.3 is 0 Å². The molecule has 11 heteroatoms. The van der Waals surface area contributed by atoms with Crippen molar-refractivity contribution in [1.82, 2.24) is 4.90 Å². The van der Waals surface area contributed by atoms with Crippen LogP contribution in [-0.2, 0) is 16.4 Å². The largest absolute Gasteiger partial charge is 0.489 e. The monoisotopic (exact) mass is 553 g/mol. The molecule has 2 heterocycles. The fraction of sp³-hybridized carbons (Fsp3) is 0.360. The Hall–Kier alpha value is -2.75. The zero-order valence-electron chi connectivity index (χ0n) is 20.3. The lowest BCUT2D eigenvalue weighted by molar-refractivity contribution is 0.214. The number of hydrogen-bond acceptors (Lipinski definition) is 5. The Labute approximate surface area is 225 Å². The van der Waals surface area contributed by atoms with Gasteiger partial charge in [-0.1, -0.05) is 30.4 Å². The predicted octanol–water partition coefficient (Wildman–Crippen LogP) is 4.06. The molecule has 2 aromatic carbocycles. The number of hydrogen-bond donors (Lipinski definition) is 3. The normalized spacial score (nSPS) is 18.9. The molecule has 8 nitrogen and oxygen atoms in total. The van der Waals surface area contributed by atoms with Crippen LogP contribution in [0.3, 0.4) is 0 Å². The van der Waals surface area contributed by atoms with Gasteiger partial charge in [-0.2, -0.15) is 0 Å². The van der Waals surface area contributed by atoms with Crippen LogP contribution in [0, 0.1) is 10.8 Å². The van der Waals surface area contributed by atoms with Gasteiger partial charge in [-0.05, 0) is 55.7 Å². The maximum atomic E-state index is 13.0. The molecule has 2 aliphatic heterocycles. The summed E-state index contributed by atoms with van der Waals surface area (Å²) in [4.78, 5) is 2.00. The number of benzene rings is 2. The van der Waals surface area contributed by atoms with Gasteiger partial charge in [0.05, 0.1) is 29.9 Å². The third-order valence-electron chi connectivity index (χ3n) is 6.31. The number of fused-ring (bicyclic) bond motifs is 1. The summed E-state index contributed by atoms with van der Waals surface area (Å²) >= 11 is 0. The molecule has 0 radical (unpaired) electrons. The summed E-state index contributed by atoms with van der Waals surface area (Å²) in [7, 11) is -3.48. The Bertz CT molecular complexity index is 1250. The third-order valence-corrected chi connectivity index (χ3v) is 8.11. The first-order chi connectivity index (χ1) is 16.2. The molecule has 4 N–H and O–H groups in total. The molecule has 1 fully saturated rings. The van der Waals surface area contributed by atoms with Crippen LogP contribution in [0.5, 0.6) is 5.75 Å². The molecule has 0 aromatic heterocycles. The molecule has 2 aliphatic rings. The molecule has 0 spiro atoms. The Morgan fingerprint density at radius 1 is 1.19 bits per heavy atom. The molecule has 0 saturated carbocycles. The van der Waals surface area contributed by atoms with Crippen molar-refractivity contribution in [3.63, 3.8) is 0 Å². The smallest absolute Gasteiger partial charge is 0.235 e. The number of halogens is 2. The lowest BCUT2D eigenvalue weighted by atomic mass is 10.1. The maximum Gasteiger partial charge on any atom is 0.235 e. The summed E-state index contributed by atoms with van der Waals surface area (Å²) in [5.74, 6) is 1.27. The number of sulfonamides is 1. The van der Waals surface area contributed by atoms with Crippen molar-refractivity contribution < 1.29 is 13.2 Å². The van der Waals surface area contributed by atoms with E-state index in [0.717, 1.165) is 29.8 Å². The number of nitrogens with zero attached hydrogens (tertiary/aromatic N) is 2. The van der Waals surface area contributed by atoms with E-state index in [1.54, 1.807) is 19.9 Å². The number of nitrogens with two attached hydrogens (primary N) is 1. The van der Waals surface area contributed by atoms with Crippen LogP contribution in [0.2, 0.25) is 0 Å². The standard InChI is InChI=1S/C25H31N5O3S.2ClH/c1-3-34(31,32)30-21(8-7-18-5-4-6-19(13-18)25(27)28)14-20-15-22(9-10-24(20)30)33-23-11-12-29(16-23)17(2)26;;/h4-10,13,15,21,23,26H,3,11-12,14,16H2,1-2H3,(H3,27,28);2*1H/b8-7+,26-17?;;. The number of amidine groups is 2. The highest BCUT2D eigenvalue weighted by Gasteiger charge is 2.35. The highest BCUT2D eigenvalue weighted by atomic mass is 35.5. The van der Waals surface area contributed by atoms with E-state index in [2.05, 4.69) is 0 Å². The number of likely N-dealkylation sites (tertiary alicyclic amines) is 1. The Morgan fingerprint density at radius 2 is 1.94 bits per heavy atom. The van der Waals surface area contributed by atoms with Crippen molar-refractivity contribution >= 4 is 58.3 Å². The van der Waals surface area contributed by atoms with Gasteiger partial charge in [-0.3, -0.25) is 15.1 Å². The zero-order valence-corrected chi connectivity index (χ0v) is 22.8. The van der Waals surface area contributed by atoms with E-state index in [1.807, 2.05) is 53.5 Å². The second kappa shape index (κ2) is 12.0. The molecule has 1 saturated heterocycles. The van der Waals surface area contributed by atoms with E-state index in [4.69, 9.17) is 21.3 Å². The topological polar surface area (TPSA) is 124 Å². The first-order valence-corrected chi connectivity index (χ1v) is 13.0. The van der Waals surface area contributed by atoms with Gasteiger partial charge in [0.1, 0.15) is 17.7 Å². The highest BCUT2D eigenvalue weighted by Crippen LogP contribution is 2.38. The van der Waals surface area contributed by atoms with Gasteiger partial charge in [-0.25, -0.2) is 8.42 Å². The van der Waals surface area contributed by atoms with E-state index >= 15 is 0 Å². The van der Waals surface area contributed by atoms with Gasteiger partial charge in [-0.15, -0.1) is 24.8 Å². The van der Waals surface area contributed by atoms with Crippen LogP contribution < -0.4 is 14.8 Å². The van der Waals surface area contributed by atoms with Crippen LogP contribution in [-0.4, -0.2) is 56.0 Å². The molecule has 36 heavy (non-hydrogen) atoms. The summed E-state index contributed by atoms with van der Waals surface area (Å²) in [6, 6.07) is 12.6. The van der Waals surface area contributed by atoms with Crippen molar-refractivity contribution in [1.29, 1.82) is 10.8 Å². The van der Waals surface area contributed by atoms with Crippen LogP contribution in [0.1, 0.15) is 37.0 Å². The van der Waals surface area contributed by atoms with Crippen molar-refractivity contribution in [2.24, 2.45) is 5.73 Å². The number of nitrogen functional groups attached to an aromatic ring is 1. The van der Waals surface area contributed by atoms with Crippen LogP contribution in [0.4, 0.5) is 5.69 Å². The number of ether oxygens (including phenoxy) is 1. The maximum absolute atomic E-state index is 13.0. The summed E-state index contributed by atoms with van der Waals surface area (Å²) in [5.41, 5.74) is 8.69. The average molecular weight is 555 g/mol. The van der Waals surface area contributed by atoms with Gasteiger partial charge in [0.15, 0.2) is 0 Å². The number of nitrogens with one attached hydrogen (secondary N) is 2. The Kier molecular flexibility index (Phi) is 9.82. The molecule has 0 bridgehead atoms. The quantitative estimate of drug-likeness (QED) is 0.352. The molecule has 4 rings (SSSR count). The minimum atomic E-state index is -3.48.